The molecule has 32 heavy (non-hydrogen) atoms. The lowest BCUT2D eigenvalue weighted by Crippen LogP contribution is -2.33. The smallest absolute Gasteiger partial charge is 0.224 e. The van der Waals surface area contributed by atoms with E-state index in [-0.39, 0.29) is 11.8 Å². The van der Waals surface area contributed by atoms with Gasteiger partial charge in [0.2, 0.25) is 5.91 Å². The zero-order valence-electron chi connectivity index (χ0n) is 18.7. The van der Waals surface area contributed by atoms with Crippen LogP contribution < -0.4 is 14.8 Å². The average molecular weight is 431 g/mol. The first kappa shape index (κ1) is 21.9. The van der Waals surface area contributed by atoms with Gasteiger partial charge < -0.3 is 14.8 Å². The summed E-state index contributed by atoms with van der Waals surface area (Å²) in [6.07, 6.45) is 0.680. The molecule has 0 aliphatic carbocycles. The molecule has 1 atom stereocenters. The number of para-hydroxylation sites is 1. The van der Waals surface area contributed by atoms with Crippen LogP contribution in [0, 0.1) is 5.92 Å². The van der Waals surface area contributed by atoms with Gasteiger partial charge in [0.25, 0.3) is 0 Å². The minimum Gasteiger partial charge on any atom is -0.497 e. The molecule has 1 N–H and O–H groups in total. The Labute approximate surface area is 190 Å². The number of nitrogens with one attached hydrogen (secondary N) is 1. The van der Waals surface area contributed by atoms with Gasteiger partial charge in [-0.05, 0) is 41.3 Å². The van der Waals surface area contributed by atoms with Crippen molar-refractivity contribution >= 4 is 5.91 Å². The molecule has 0 radical (unpaired) electrons. The zero-order chi connectivity index (χ0) is 22.3. The monoisotopic (exact) mass is 430 g/mol. The van der Waals surface area contributed by atoms with Crippen molar-refractivity contribution < 1.29 is 14.3 Å². The number of benzene rings is 3. The van der Waals surface area contributed by atoms with Gasteiger partial charge in [0.15, 0.2) is 0 Å². The van der Waals surface area contributed by atoms with Crippen molar-refractivity contribution in [3.05, 3.63) is 83.9 Å². The van der Waals surface area contributed by atoms with Crippen LogP contribution in [0.2, 0.25) is 0 Å². The largest absolute Gasteiger partial charge is 0.497 e. The first-order chi connectivity index (χ1) is 15.7. The van der Waals surface area contributed by atoms with Crippen molar-refractivity contribution in [3.63, 3.8) is 0 Å². The molecule has 5 nitrogen and oxygen atoms in total. The number of hydrogen-bond donors (Lipinski definition) is 1. The van der Waals surface area contributed by atoms with Gasteiger partial charge in [-0.15, -0.1) is 0 Å². The summed E-state index contributed by atoms with van der Waals surface area (Å²) in [6, 6.07) is 24.5. The van der Waals surface area contributed by atoms with E-state index in [1.54, 1.807) is 14.2 Å². The van der Waals surface area contributed by atoms with Gasteiger partial charge in [0.1, 0.15) is 11.5 Å². The van der Waals surface area contributed by atoms with E-state index in [4.69, 9.17) is 9.47 Å². The summed E-state index contributed by atoms with van der Waals surface area (Å²) in [4.78, 5) is 15.2. The van der Waals surface area contributed by atoms with E-state index >= 15 is 0 Å². The first-order valence-electron chi connectivity index (χ1n) is 11.0. The van der Waals surface area contributed by atoms with Crippen LogP contribution in [0.3, 0.4) is 0 Å². The topological polar surface area (TPSA) is 50.8 Å². The molecule has 4 rings (SSSR count). The highest BCUT2D eigenvalue weighted by Gasteiger charge is 2.26. The van der Waals surface area contributed by atoms with E-state index in [1.165, 1.54) is 5.56 Å². The van der Waals surface area contributed by atoms with Crippen LogP contribution in [0.1, 0.15) is 11.1 Å². The fraction of sp³-hybridized carbons (Fsp3) is 0.296. The summed E-state index contributed by atoms with van der Waals surface area (Å²) < 4.78 is 10.9. The van der Waals surface area contributed by atoms with Crippen molar-refractivity contribution in [3.8, 4) is 22.6 Å². The number of nitrogens with zero attached hydrogens (tertiary/aromatic N) is 1. The highest BCUT2D eigenvalue weighted by molar-refractivity contribution is 5.80. The Balaban J connectivity index is 1.54. The fourth-order valence-electron chi connectivity index (χ4n) is 4.35. The normalized spacial score (nSPS) is 16.8. The van der Waals surface area contributed by atoms with Gasteiger partial charge in [-0.25, -0.2) is 0 Å². The van der Waals surface area contributed by atoms with Crippen LogP contribution in [-0.4, -0.2) is 44.7 Å². The van der Waals surface area contributed by atoms with Crippen LogP contribution in [0.4, 0.5) is 0 Å². The molecule has 1 amide bonds. The molecule has 1 aliphatic heterocycles. The maximum Gasteiger partial charge on any atom is 0.224 e. The molecule has 166 valence electrons. The molecule has 3 aromatic carbocycles. The van der Waals surface area contributed by atoms with Crippen LogP contribution >= 0.6 is 0 Å². The Hall–Kier alpha value is -3.31. The lowest BCUT2D eigenvalue weighted by molar-refractivity contribution is -0.124. The molecule has 3 aromatic rings. The van der Waals surface area contributed by atoms with Crippen LogP contribution in [0.25, 0.3) is 11.1 Å². The second kappa shape index (κ2) is 10.3. The molecule has 1 saturated heterocycles. The third kappa shape index (κ3) is 5.11. The van der Waals surface area contributed by atoms with E-state index in [0.717, 1.165) is 47.8 Å². The molecular formula is C27H30N2O3. The van der Waals surface area contributed by atoms with Crippen LogP contribution in [0.5, 0.6) is 11.5 Å². The van der Waals surface area contributed by atoms with Gasteiger partial charge in [-0.3, -0.25) is 9.69 Å². The first-order valence-corrected chi connectivity index (χ1v) is 11.0. The van der Waals surface area contributed by atoms with Crippen molar-refractivity contribution in [1.29, 1.82) is 0 Å². The quantitative estimate of drug-likeness (QED) is 0.612. The molecular weight excluding hydrogens is 400 g/mol. The number of methoxy groups -OCH3 is 2. The molecule has 1 fully saturated rings. The number of rotatable bonds is 7. The van der Waals surface area contributed by atoms with Gasteiger partial charge in [0.05, 0.1) is 20.1 Å². The van der Waals surface area contributed by atoms with Gasteiger partial charge in [-0.1, -0.05) is 54.6 Å². The van der Waals surface area contributed by atoms with Crippen LogP contribution in [-0.2, 0) is 17.8 Å². The van der Waals surface area contributed by atoms with Gasteiger partial charge in [0, 0.05) is 31.7 Å². The summed E-state index contributed by atoms with van der Waals surface area (Å²) in [6.45, 7) is 3.03. The Morgan fingerprint density at radius 2 is 1.62 bits per heavy atom. The minimum absolute atomic E-state index is 0.119. The van der Waals surface area contributed by atoms with Gasteiger partial charge >= 0.3 is 0 Å². The molecule has 0 spiro atoms. The third-order valence-corrected chi connectivity index (χ3v) is 6.02. The van der Waals surface area contributed by atoms with Gasteiger partial charge in [-0.2, -0.15) is 0 Å². The summed E-state index contributed by atoms with van der Waals surface area (Å²) in [5, 5.41) is 3.11. The van der Waals surface area contributed by atoms with Crippen molar-refractivity contribution in [1.82, 2.24) is 10.2 Å². The van der Waals surface area contributed by atoms with Crippen LogP contribution in [0.15, 0.2) is 72.8 Å². The van der Waals surface area contributed by atoms with Crippen molar-refractivity contribution in [2.75, 3.05) is 33.9 Å². The lowest BCUT2D eigenvalue weighted by atomic mass is 9.91. The molecule has 0 aromatic heterocycles. The molecule has 0 bridgehead atoms. The highest BCUT2D eigenvalue weighted by Crippen LogP contribution is 2.33. The second-order valence-corrected chi connectivity index (χ2v) is 8.13. The van der Waals surface area contributed by atoms with E-state index in [0.29, 0.717) is 13.0 Å². The maximum atomic E-state index is 12.9. The fourth-order valence-corrected chi connectivity index (χ4v) is 4.35. The number of carbonyl (C=O) groups is 1. The third-order valence-electron chi connectivity index (χ3n) is 6.02. The minimum atomic E-state index is -0.119. The lowest BCUT2D eigenvalue weighted by Gasteiger charge is -2.24. The highest BCUT2D eigenvalue weighted by atomic mass is 16.5. The number of carbonyl (C=O) groups excluding carboxylic acids is 1. The Morgan fingerprint density at radius 1 is 0.906 bits per heavy atom. The molecule has 0 saturated carbocycles. The predicted molar refractivity (Wildman–Crippen MR) is 127 cm³/mol. The summed E-state index contributed by atoms with van der Waals surface area (Å²) >= 11 is 0. The average Bonchev–Trinajstić information content (AvgIpc) is 3.00. The molecule has 1 heterocycles. The predicted octanol–water partition coefficient (Wildman–Crippen LogP) is 4.16. The van der Waals surface area contributed by atoms with Crippen molar-refractivity contribution in [2.24, 2.45) is 5.92 Å². The summed E-state index contributed by atoms with van der Waals surface area (Å²) in [7, 11) is 3.37. The zero-order valence-corrected chi connectivity index (χ0v) is 18.7. The van der Waals surface area contributed by atoms with E-state index < -0.39 is 0 Å². The number of amides is 1. The summed E-state index contributed by atoms with van der Waals surface area (Å²) in [5.74, 6) is 1.70. The second-order valence-electron chi connectivity index (χ2n) is 8.13. The summed E-state index contributed by atoms with van der Waals surface area (Å²) in [5.41, 5.74) is 4.54. The SMILES string of the molecule is COc1ccc(CN2CCNC(=O)C(Cc3ccccc3-c3ccccc3OC)C2)cc1. The Kier molecular flexibility index (Phi) is 7.07. The standard InChI is InChI=1S/C27H30N2O3/c1-31-23-13-11-20(12-14-23)18-29-16-15-28-27(30)22(19-29)17-21-7-3-4-8-24(21)25-9-5-6-10-26(25)32-2/h3-14,22H,15-19H2,1-2H3,(H,28,30). The van der Waals surface area contributed by atoms with E-state index in [9.17, 15) is 4.79 Å². The number of hydrogen-bond acceptors (Lipinski definition) is 4. The Bertz CT molecular complexity index is 1050. The molecule has 1 unspecified atom stereocenters. The van der Waals surface area contributed by atoms with Crippen molar-refractivity contribution in [2.45, 2.75) is 13.0 Å². The Morgan fingerprint density at radius 3 is 2.38 bits per heavy atom. The maximum absolute atomic E-state index is 12.9. The van der Waals surface area contributed by atoms with E-state index in [2.05, 4.69) is 40.5 Å². The van der Waals surface area contributed by atoms with E-state index in [1.807, 2.05) is 42.5 Å². The molecule has 1 aliphatic rings. The number of ether oxygens (including phenoxy) is 2. The molecule has 5 heteroatoms.